The lowest BCUT2D eigenvalue weighted by atomic mass is 10.2. The topological polar surface area (TPSA) is 91.8 Å². The molecule has 0 aromatic carbocycles. The highest BCUT2D eigenvalue weighted by atomic mass is 16.2. The molecule has 3 rings (SSSR count). The first-order chi connectivity index (χ1) is 10.9. The Balaban J connectivity index is 2.13. The number of aromatic nitrogens is 5. The van der Waals surface area contributed by atoms with Crippen LogP contribution in [0.3, 0.4) is 0 Å². The van der Waals surface area contributed by atoms with E-state index in [0.717, 1.165) is 4.57 Å². The number of hydrogen-bond donors (Lipinski definition) is 0. The van der Waals surface area contributed by atoms with E-state index < -0.39 is 11.2 Å². The van der Waals surface area contributed by atoms with Crippen molar-refractivity contribution in [2.45, 2.75) is 13.5 Å². The molecule has 0 N–H and O–H groups in total. The average molecular weight is 313 g/mol. The molecule has 118 valence electrons. The van der Waals surface area contributed by atoms with E-state index in [2.05, 4.69) is 9.97 Å². The molecular weight excluding hydrogens is 298 g/mol. The summed E-state index contributed by atoms with van der Waals surface area (Å²) in [7, 11) is 3.28. The van der Waals surface area contributed by atoms with Gasteiger partial charge in [0, 0.05) is 27.2 Å². The lowest BCUT2D eigenvalue weighted by Crippen LogP contribution is -2.39. The molecule has 3 aromatic rings. The second-order valence-electron chi connectivity index (χ2n) is 5.37. The summed E-state index contributed by atoms with van der Waals surface area (Å²) in [6.07, 6.45) is 3.00. The molecule has 0 bridgehead atoms. The Morgan fingerprint density at radius 3 is 2.52 bits per heavy atom. The van der Waals surface area contributed by atoms with Gasteiger partial charge in [0.2, 0.25) is 0 Å². The van der Waals surface area contributed by atoms with Crippen LogP contribution < -0.4 is 11.2 Å². The summed E-state index contributed by atoms with van der Waals surface area (Å²) < 4.78 is 4.06. The Labute approximate surface area is 130 Å². The van der Waals surface area contributed by atoms with E-state index in [9.17, 15) is 14.4 Å². The molecule has 3 heterocycles. The molecule has 0 unspecified atom stereocenters. The van der Waals surface area contributed by atoms with Crippen LogP contribution >= 0.6 is 0 Å². The van der Waals surface area contributed by atoms with Crippen LogP contribution in [-0.2, 0) is 20.6 Å². The maximum atomic E-state index is 12.6. The number of fused-ring (bicyclic) bond motifs is 1. The van der Waals surface area contributed by atoms with Gasteiger partial charge in [-0.25, -0.2) is 9.78 Å². The predicted molar refractivity (Wildman–Crippen MR) is 83.6 cm³/mol. The number of nitrogens with zero attached hydrogens (tertiary/aromatic N) is 5. The quantitative estimate of drug-likeness (QED) is 0.639. The van der Waals surface area contributed by atoms with Crippen LogP contribution in [0.5, 0.6) is 0 Å². The molecule has 3 aromatic heterocycles. The van der Waals surface area contributed by atoms with Crippen LogP contribution in [0.1, 0.15) is 23.0 Å². The highest BCUT2D eigenvalue weighted by molar-refractivity contribution is 5.91. The Hall–Kier alpha value is -3.03. The van der Waals surface area contributed by atoms with Crippen LogP contribution in [-0.4, -0.2) is 29.5 Å². The fourth-order valence-electron chi connectivity index (χ4n) is 2.44. The van der Waals surface area contributed by atoms with Gasteiger partial charge in [-0.15, -0.1) is 0 Å². The van der Waals surface area contributed by atoms with Crippen molar-refractivity contribution in [3.63, 3.8) is 0 Å². The van der Waals surface area contributed by atoms with Gasteiger partial charge in [-0.05, 0) is 11.6 Å². The zero-order chi connectivity index (χ0) is 16.7. The monoisotopic (exact) mass is 313 g/mol. The fourth-order valence-corrected chi connectivity index (χ4v) is 2.44. The predicted octanol–water partition coefficient (Wildman–Crippen LogP) is 0.0796. The van der Waals surface area contributed by atoms with Crippen molar-refractivity contribution in [2.24, 2.45) is 14.1 Å². The number of aryl methyl sites for hydroxylation is 2. The summed E-state index contributed by atoms with van der Waals surface area (Å²) in [5.74, 6) is -0.138. The molecule has 8 heteroatoms. The van der Waals surface area contributed by atoms with Crippen molar-refractivity contribution in [3.8, 4) is 0 Å². The SMILES string of the molecule is CC(=O)c1ccc(Cn2c(=O)c3c(ncn3C)n(C)c2=O)cn1. The van der Waals surface area contributed by atoms with Gasteiger partial charge in [-0.1, -0.05) is 6.07 Å². The van der Waals surface area contributed by atoms with Gasteiger partial charge < -0.3 is 4.57 Å². The van der Waals surface area contributed by atoms with Crippen molar-refractivity contribution in [2.75, 3.05) is 0 Å². The molecule has 0 aliphatic carbocycles. The molecule has 0 saturated carbocycles. The second kappa shape index (κ2) is 5.31. The van der Waals surface area contributed by atoms with Gasteiger partial charge >= 0.3 is 5.69 Å². The summed E-state index contributed by atoms with van der Waals surface area (Å²) in [4.78, 5) is 44.3. The third-order valence-corrected chi connectivity index (χ3v) is 3.73. The van der Waals surface area contributed by atoms with Crippen LogP contribution in [0, 0.1) is 0 Å². The van der Waals surface area contributed by atoms with Gasteiger partial charge in [0.1, 0.15) is 5.69 Å². The minimum absolute atomic E-state index is 0.0812. The Kier molecular flexibility index (Phi) is 3.44. The Morgan fingerprint density at radius 1 is 1.17 bits per heavy atom. The molecule has 0 aliphatic heterocycles. The maximum Gasteiger partial charge on any atom is 0.332 e. The van der Waals surface area contributed by atoms with E-state index in [0.29, 0.717) is 22.4 Å². The first-order valence-corrected chi connectivity index (χ1v) is 6.97. The van der Waals surface area contributed by atoms with E-state index in [4.69, 9.17) is 0 Å². The van der Waals surface area contributed by atoms with E-state index in [1.807, 2.05) is 0 Å². The average Bonchev–Trinajstić information content (AvgIpc) is 2.92. The van der Waals surface area contributed by atoms with Gasteiger partial charge in [0.15, 0.2) is 16.9 Å². The number of carbonyl (C=O) groups is 1. The summed E-state index contributed by atoms with van der Waals surface area (Å²) in [6, 6.07) is 3.26. The first kappa shape index (κ1) is 14.9. The molecule has 8 nitrogen and oxygen atoms in total. The molecule has 23 heavy (non-hydrogen) atoms. The van der Waals surface area contributed by atoms with Gasteiger partial charge in [-0.2, -0.15) is 0 Å². The Bertz CT molecular complexity index is 1020. The number of hydrogen-bond acceptors (Lipinski definition) is 5. The fraction of sp³-hybridized carbons (Fsp3) is 0.267. The number of Topliss-reactive ketones (excluding diaryl/α,β-unsaturated/α-hetero) is 1. The van der Waals surface area contributed by atoms with E-state index >= 15 is 0 Å². The molecule has 0 fully saturated rings. The number of imidazole rings is 1. The summed E-state index contributed by atoms with van der Waals surface area (Å²) in [5.41, 5.74) is 0.867. The number of carbonyl (C=O) groups excluding carboxylic acids is 1. The molecule has 0 aliphatic rings. The van der Waals surface area contributed by atoms with Crippen LogP contribution in [0.4, 0.5) is 0 Å². The largest absolute Gasteiger partial charge is 0.332 e. The highest BCUT2D eigenvalue weighted by Crippen LogP contribution is 2.05. The number of ketones is 1. The van der Waals surface area contributed by atoms with Crippen molar-refractivity contribution in [3.05, 3.63) is 56.8 Å². The van der Waals surface area contributed by atoms with E-state index in [1.165, 1.54) is 24.0 Å². The molecule has 0 atom stereocenters. The molecule has 0 amide bonds. The van der Waals surface area contributed by atoms with Crippen molar-refractivity contribution < 1.29 is 4.79 Å². The zero-order valence-electron chi connectivity index (χ0n) is 13.0. The molecular formula is C15H15N5O3. The third-order valence-electron chi connectivity index (χ3n) is 3.73. The van der Waals surface area contributed by atoms with Crippen LogP contribution in [0.15, 0.2) is 34.2 Å². The summed E-state index contributed by atoms with van der Waals surface area (Å²) in [6.45, 7) is 1.51. The normalized spacial score (nSPS) is 11.1. The minimum Gasteiger partial charge on any atom is -0.328 e. The standard InChI is InChI=1S/C15H15N5O3/c1-9(21)11-5-4-10(6-16-11)7-20-14(22)12-13(17-8-18(12)2)19(3)15(20)23/h4-6,8H,7H2,1-3H3. The molecule has 0 saturated heterocycles. The number of pyridine rings is 1. The maximum absolute atomic E-state index is 12.6. The number of rotatable bonds is 3. The third kappa shape index (κ3) is 2.37. The van der Waals surface area contributed by atoms with Gasteiger partial charge in [-0.3, -0.25) is 23.7 Å². The van der Waals surface area contributed by atoms with E-state index in [-0.39, 0.29) is 12.3 Å². The summed E-state index contributed by atoms with van der Waals surface area (Å²) in [5, 5.41) is 0. The second-order valence-corrected chi connectivity index (χ2v) is 5.37. The lowest BCUT2D eigenvalue weighted by molar-refractivity contribution is 0.101. The zero-order valence-corrected chi connectivity index (χ0v) is 13.0. The van der Waals surface area contributed by atoms with Crippen LogP contribution in [0.2, 0.25) is 0 Å². The summed E-state index contributed by atoms with van der Waals surface area (Å²) >= 11 is 0. The van der Waals surface area contributed by atoms with Crippen molar-refractivity contribution in [1.82, 2.24) is 23.7 Å². The Morgan fingerprint density at radius 2 is 1.91 bits per heavy atom. The first-order valence-electron chi connectivity index (χ1n) is 6.97. The lowest BCUT2D eigenvalue weighted by Gasteiger charge is -2.08. The highest BCUT2D eigenvalue weighted by Gasteiger charge is 2.15. The molecule has 0 radical (unpaired) electrons. The van der Waals surface area contributed by atoms with Crippen molar-refractivity contribution in [1.29, 1.82) is 0 Å². The molecule has 0 spiro atoms. The van der Waals surface area contributed by atoms with Gasteiger partial charge in [0.25, 0.3) is 5.56 Å². The minimum atomic E-state index is -0.447. The van der Waals surface area contributed by atoms with Crippen molar-refractivity contribution >= 4 is 16.9 Å². The van der Waals surface area contributed by atoms with Gasteiger partial charge in [0.05, 0.1) is 12.9 Å². The smallest absolute Gasteiger partial charge is 0.328 e. The van der Waals surface area contributed by atoms with E-state index in [1.54, 1.807) is 30.8 Å². The van der Waals surface area contributed by atoms with Crippen LogP contribution in [0.25, 0.3) is 11.2 Å².